The molecule has 0 radical (unpaired) electrons. The molecule has 1 aromatic heterocycles. The predicted molar refractivity (Wildman–Crippen MR) is 74.2 cm³/mol. The van der Waals surface area contributed by atoms with Gasteiger partial charge in [-0.2, -0.15) is 0 Å². The summed E-state index contributed by atoms with van der Waals surface area (Å²) in [4.78, 5) is 4.63. The maximum Gasteiger partial charge on any atom is 0.322 e. The average molecular weight is 239 g/mol. The highest BCUT2D eigenvalue weighted by atomic mass is 32.1. The Kier molecular flexibility index (Phi) is 2.57. The molecule has 0 spiro atoms. The Labute approximate surface area is 104 Å². The number of thiazole rings is 1. The normalized spacial score (nSPS) is 10.6. The van der Waals surface area contributed by atoms with Gasteiger partial charge in [0.05, 0.1) is 15.8 Å². The van der Waals surface area contributed by atoms with Crippen LogP contribution in [0.5, 0.6) is 5.75 Å². The molecule has 0 saturated heterocycles. The van der Waals surface area contributed by atoms with Crippen LogP contribution in [0.15, 0.2) is 48.5 Å². The number of para-hydroxylation sites is 2. The van der Waals surface area contributed by atoms with Gasteiger partial charge in [0, 0.05) is 0 Å². The SMILES string of the molecule is BOc1ccccc1-c1nc2ccccc2s1. The molecule has 0 aliphatic carbocycles. The van der Waals surface area contributed by atoms with Crippen LogP contribution in [0.1, 0.15) is 0 Å². The van der Waals surface area contributed by atoms with Gasteiger partial charge in [0.2, 0.25) is 0 Å². The molecule has 0 amide bonds. The molecule has 3 aromatic rings. The zero-order valence-electron chi connectivity index (χ0n) is 9.38. The Hall–Kier alpha value is -1.81. The van der Waals surface area contributed by atoms with Gasteiger partial charge >= 0.3 is 8.05 Å². The molecule has 0 bridgehead atoms. The van der Waals surface area contributed by atoms with Crippen LogP contribution in [0.2, 0.25) is 0 Å². The van der Waals surface area contributed by atoms with Crippen LogP contribution >= 0.6 is 11.3 Å². The minimum Gasteiger partial charge on any atom is -0.567 e. The molecule has 1 heterocycles. The van der Waals surface area contributed by atoms with Crippen molar-refractivity contribution in [2.75, 3.05) is 0 Å². The summed E-state index contributed by atoms with van der Waals surface area (Å²) in [6.07, 6.45) is 0. The number of aromatic nitrogens is 1. The molecular weight excluding hydrogens is 229 g/mol. The van der Waals surface area contributed by atoms with Gasteiger partial charge in [0.25, 0.3) is 0 Å². The molecule has 2 aromatic carbocycles. The number of hydrogen-bond donors (Lipinski definition) is 0. The molecule has 2 nitrogen and oxygen atoms in total. The summed E-state index contributed by atoms with van der Waals surface area (Å²) in [7, 11) is 1.69. The van der Waals surface area contributed by atoms with E-state index < -0.39 is 0 Å². The van der Waals surface area contributed by atoms with E-state index >= 15 is 0 Å². The summed E-state index contributed by atoms with van der Waals surface area (Å²) >= 11 is 1.69. The Morgan fingerprint density at radius 2 is 1.76 bits per heavy atom. The van der Waals surface area contributed by atoms with E-state index in [1.807, 2.05) is 42.5 Å². The third-order valence-corrected chi connectivity index (χ3v) is 3.70. The van der Waals surface area contributed by atoms with Crippen LogP contribution in [0.4, 0.5) is 0 Å². The Morgan fingerprint density at radius 1 is 1.00 bits per heavy atom. The molecule has 0 atom stereocenters. The van der Waals surface area contributed by atoms with Gasteiger partial charge in [-0.1, -0.05) is 24.3 Å². The highest BCUT2D eigenvalue weighted by molar-refractivity contribution is 7.21. The number of hydrogen-bond acceptors (Lipinski definition) is 3. The maximum absolute atomic E-state index is 5.36. The van der Waals surface area contributed by atoms with Crippen LogP contribution in [-0.4, -0.2) is 13.0 Å². The van der Waals surface area contributed by atoms with Crippen molar-refractivity contribution in [3.05, 3.63) is 48.5 Å². The van der Waals surface area contributed by atoms with Gasteiger partial charge < -0.3 is 4.65 Å². The zero-order valence-corrected chi connectivity index (χ0v) is 10.2. The number of nitrogens with zero attached hydrogens (tertiary/aromatic N) is 1. The Morgan fingerprint density at radius 3 is 2.59 bits per heavy atom. The van der Waals surface area contributed by atoms with E-state index in [0.717, 1.165) is 21.8 Å². The lowest BCUT2D eigenvalue weighted by Gasteiger charge is -2.05. The third-order valence-electron chi connectivity index (χ3n) is 2.63. The highest BCUT2D eigenvalue weighted by Gasteiger charge is 2.09. The lowest BCUT2D eigenvalue weighted by Crippen LogP contribution is -1.88. The second-order valence-corrected chi connectivity index (χ2v) is 4.72. The number of rotatable bonds is 2. The second-order valence-electron chi connectivity index (χ2n) is 3.69. The van der Waals surface area contributed by atoms with Crippen molar-refractivity contribution in [3.8, 4) is 16.3 Å². The van der Waals surface area contributed by atoms with Gasteiger partial charge in [-0.3, -0.25) is 0 Å². The molecule has 17 heavy (non-hydrogen) atoms. The monoisotopic (exact) mass is 239 g/mol. The van der Waals surface area contributed by atoms with Gasteiger partial charge in [-0.05, 0) is 24.3 Å². The lowest BCUT2D eigenvalue weighted by molar-refractivity contribution is 0.618. The first-order valence-corrected chi connectivity index (χ1v) is 6.19. The van der Waals surface area contributed by atoms with Crippen LogP contribution in [0, 0.1) is 0 Å². The first-order chi connectivity index (χ1) is 8.38. The van der Waals surface area contributed by atoms with E-state index in [0.29, 0.717) is 0 Å². The van der Waals surface area contributed by atoms with E-state index in [-0.39, 0.29) is 0 Å². The average Bonchev–Trinajstić information content (AvgIpc) is 2.82. The van der Waals surface area contributed by atoms with Gasteiger partial charge in [0.15, 0.2) is 0 Å². The van der Waals surface area contributed by atoms with Crippen molar-refractivity contribution >= 4 is 29.6 Å². The summed E-state index contributed by atoms with van der Waals surface area (Å²) < 4.78 is 6.56. The largest absolute Gasteiger partial charge is 0.567 e. The van der Waals surface area contributed by atoms with E-state index in [2.05, 4.69) is 11.1 Å². The van der Waals surface area contributed by atoms with E-state index in [4.69, 9.17) is 4.65 Å². The number of benzene rings is 2. The number of fused-ring (bicyclic) bond motifs is 1. The summed E-state index contributed by atoms with van der Waals surface area (Å²) in [5.74, 6) is 0.867. The summed E-state index contributed by atoms with van der Waals surface area (Å²) in [5, 5.41) is 1.00. The van der Waals surface area contributed by atoms with Gasteiger partial charge in [-0.15, -0.1) is 11.3 Å². The molecular formula is C13H10BNOS. The Bertz CT molecular complexity index is 632. The fourth-order valence-electron chi connectivity index (χ4n) is 1.81. The van der Waals surface area contributed by atoms with E-state index in [9.17, 15) is 0 Å². The van der Waals surface area contributed by atoms with Crippen LogP contribution in [-0.2, 0) is 0 Å². The maximum atomic E-state index is 5.36. The first kappa shape index (κ1) is 10.4. The van der Waals surface area contributed by atoms with E-state index in [1.165, 1.54) is 4.70 Å². The standard InChI is InChI=1S/C13H10BNOS/c14-16-11-7-3-1-5-9(11)13-15-10-6-2-4-8-12(10)17-13/h1-8H,14H2. The molecule has 3 rings (SSSR count). The first-order valence-electron chi connectivity index (χ1n) is 5.37. The van der Waals surface area contributed by atoms with Crippen LogP contribution in [0.25, 0.3) is 20.8 Å². The molecule has 0 aliphatic heterocycles. The van der Waals surface area contributed by atoms with Crippen molar-refractivity contribution in [2.45, 2.75) is 0 Å². The zero-order chi connectivity index (χ0) is 11.7. The fourth-order valence-corrected chi connectivity index (χ4v) is 2.80. The molecule has 0 N–H and O–H groups in total. The molecule has 0 fully saturated rings. The van der Waals surface area contributed by atoms with Crippen molar-refractivity contribution in [3.63, 3.8) is 0 Å². The van der Waals surface area contributed by atoms with Crippen LogP contribution in [0.3, 0.4) is 0 Å². The Balaban J connectivity index is 2.20. The molecule has 0 unspecified atom stereocenters. The minimum absolute atomic E-state index is 0.867. The molecule has 82 valence electrons. The summed E-state index contributed by atoms with van der Waals surface area (Å²) in [6, 6.07) is 16.1. The molecule has 0 saturated carbocycles. The summed E-state index contributed by atoms with van der Waals surface area (Å²) in [5.41, 5.74) is 2.09. The molecule has 4 heteroatoms. The quantitative estimate of drug-likeness (QED) is 0.641. The lowest BCUT2D eigenvalue weighted by atomic mass is 10.2. The predicted octanol–water partition coefficient (Wildman–Crippen LogP) is 2.89. The second kappa shape index (κ2) is 4.22. The molecule has 0 aliphatic rings. The minimum atomic E-state index is 0.867. The van der Waals surface area contributed by atoms with Crippen molar-refractivity contribution < 1.29 is 4.65 Å². The van der Waals surface area contributed by atoms with Crippen LogP contribution < -0.4 is 4.65 Å². The van der Waals surface area contributed by atoms with Crippen molar-refractivity contribution in [1.29, 1.82) is 0 Å². The topological polar surface area (TPSA) is 22.1 Å². The highest BCUT2D eigenvalue weighted by Crippen LogP contribution is 2.35. The van der Waals surface area contributed by atoms with E-state index in [1.54, 1.807) is 19.4 Å². The van der Waals surface area contributed by atoms with Crippen molar-refractivity contribution in [2.24, 2.45) is 0 Å². The third kappa shape index (κ3) is 1.81. The smallest absolute Gasteiger partial charge is 0.322 e. The van der Waals surface area contributed by atoms with Gasteiger partial charge in [-0.25, -0.2) is 4.98 Å². The van der Waals surface area contributed by atoms with Crippen molar-refractivity contribution in [1.82, 2.24) is 4.98 Å². The summed E-state index contributed by atoms with van der Waals surface area (Å²) in [6.45, 7) is 0. The van der Waals surface area contributed by atoms with Gasteiger partial charge in [0.1, 0.15) is 10.8 Å². The fraction of sp³-hybridized carbons (Fsp3) is 0.